The second-order valence-corrected chi connectivity index (χ2v) is 7.90. The van der Waals surface area contributed by atoms with Gasteiger partial charge in [-0.15, -0.1) is 0 Å². The third-order valence-corrected chi connectivity index (χ3v) is 5.61. The summed E-state index contributed by atoms with van der Waals surface area (Å²) in [7, 11) is 0. The molecule has 1 aliphatic rings. The number of fused-ring (bicyclic) bond motifs is 1. The van der Waals surface area contributed by atoms with Gasteiger partial charge in [0.1, 0.15) is 11.5 Å². The number of nitrogens with one attached hydrogen (secondary N) is 2. The number of furan rings is 1. The zero-order chi connectivity index (χ0) is 21.1. The number of thiazole rings is 1. The minimum Gasteiger partial charge on any atom is -0.460 e. The highest BCUT2D eigenvalue weighted by molar-refractivity contribution is 7.07. The molecule has 2 aromatic heterocycles. The topological polar surface area (TPSA) is 106 Å². The maximum Gasteiger partial charge on any atom is 0.313 e. The van der Waals surface area contributed by atoms with Gasteiger partial charge < -0.3 is 15.1 Å². The molecule has 0 radical (unpaired) electrons. The SMILES string of the molecule is Cc1ccc(NC(=O)C(=O)NCc2ccc(C=c3sc4n(c3=O)CCCN=4)o2)cc1. The summed E-state index contributed by atoms with van der Waals surface area (Å²) in [5, 5.41) is 5.06. The predicted octanol–water partition coefficient (Wildman–Crippen LogP) is 0.918. The molecule has 154 valence electrons. The Balaban J connectivity index is 1.38. The van der Waals surface area contributed by atoms with Crippen LogP contribution in [0.25, 0.3) is 6.08 Å². The van der Waals surface area contributed by atoms with Gasteiger partial charge in [-0.25, -0.2) is 0 Å². The van der Waals surface area contributed by atoms with Crippen LogP contribution in [0.1, 0.15) is 23.5 Å². The molecule has 0 fully saturated rings. The fourth-order valence-corrected chi connectivity index (χ4v) is 4.00. The minimum absolute atomic E-state index is 0.0588. The van der Waals surface area contributed by atoms with E-state index in [0.717, 1.165) is 23.3 Å². The Morgan fingerprint density at radius 3 is 2.77 bits per heavy atom. The zero-order valence-electron chi connectivity index (χ0n) is 16.3. The van der Waals surface area contributed by atoms with Crippen molar-refractivity contribution in [3.8, 4) is 0 Å². The number of rotatable bonds is 4. The van der Waals surface area contributed by atoms with Crippen molar-refractivity contribution in [2.24, 2.45) is 4.99 Å². The second kappa shape index (κ2) is 8.50. The van der Waals surface area contributed by atoms with Gasteiger partial charge in [0.25, 0.3) is 5.56 Å². The standard InChI is InChI=1S/C21H20N4O4S/c1-13-3-5-14(6-4-13)24-19(27)18(26)23-12-16-8-7-15(29-16)11-17-20(28)25-10-2-9-22-21(25)30-17/h3-8,11H,2,9-10,12H2,1H3,(H,23,26)(H,24,27). The van der Waals surface area contributed by atoms with Gasteiger partial charge in [-0.2, -0.15) is 0 Å². The molecule has 0 unspecified atom stereocenters. The number of carbonyl (C=O) groups excluding carboxylic acids is 2. The Kier molecular flexibility index (Phi) is 5.62. The average Bonchev–Trinajstić information content (AvgIpc) is 3.32. The smallest absolute Gasteiger partial charge is 0.313 e. The lowest BCUT2D eigenvalue weighted by Gasteiger charge is -2.05. The maximum absolute atomic E-state index is 12.4. The van der Waals surface area contributed by atoms with E-state index in [0.29, 0.717) is 28.3 Å². The Hall–Kier alpha value is -3.46. The van der Waals surface area contributed by atoms with Crippen LogP contribution in [-0.4, -0.2) is 22.9 Å². The molecular formula is C21H20N4O4S. The number of hydrogen-bond donors (Lipinski definition) is 2. The lowest BCUT2D eigenvalue weighted by atomic mass is 10.2. The van der Waals surface area contributed by atoms with Crippen molar-refractivity contribution in [1.82, 2.24) is 9.88 Å². The normalized spacial score (nSPS) is 13.4. The van der Waals surface area contributed by atoms with Crippen molar-refractivity contribution in [1.29, 1.82) is 0 Å². The van der Waals surface area contributed by atoms with Gasteiger partial charge in [0.15, 0.2) is 4.80 Å². The van der Waals surface area contributed by atoms with Crippen molar-refractivity contribution in [3.63, 3.8) is 0 Å². The molecule has 3 aromatic rings. The Morgan fingerprint density at radius 2 is 2.00 bits per heavy atom. The van der Waals surface area contributed by atoms with Crippen LogP contribution in [0.4, 0.5) is 5.69 Å². The number of amides is 2. The molecule has 2 amide bonds. The molecular weight excluding hydrogens is 404 g/mol. The van der Waals surface area contributed by atoms with E-state index in [1.165, 1.54) is 11.3 Å². The first-order valence-electron chi connectivity index (χ1n) is 9.50. The molecule has 0 saturated heterocycles. The quantitative estimate of drug-likeness (QED) is 0.608. The second-order valence-electron chi connectivity index (χ2n) is 6.89. The lowest BCUT2D eigenvalue weighted by Crippen LogP contribution is -2.34. The molecule has 0 aliphatic carbocycles. The predicted molar refractivity (Wildman–Crippen MR) is 113 cm³/mol. The average molecular weight is 424 g/mol. The van der Waals surface area contributed by atoms with Crippen LogP contribution >= 0.6 is 11.3 Å². The summed E-state index contributed by atoms with van der Waals surface area (Å²) < 4.78 is 7.89. The number of anilines is 1. The number of aryl methyl sites for hydroxylation is 1. The summed E-state index contributed by atoms with van der Waals surface area (Å²) in [6.07, 6.45) is 2.54. The number of nitrogens with zero attached hydrogens (tertiary/aromatic N) is 2. The summed E-state index contributed by atoms with van der Waals surface area (Å²) in [5.74, 6) is -0.537. The first-order chi connectivity index (χ1) is 14.5. The van der Waals surface area contributed by atoms with Crippen LogP contribution in [0.15, 0.2) is 50.6 Å². The molecule has 0 atom stereocenters. The monoisotopic (exact) mass is 424 g/mol. The highest BCUT2D eigenvalue weighted by Crippen LogP contribution is 2.10. The first kappa shape index (κ1) is 19.8. The molecule has 0 bridgehead atoms. The number of carbonyl (C=O) groups is 2. The van der Waals surface area contributed by atoms with Gasteiger partial charge in [-0.3, -0.25) is 23.9 Å². The van der Waals surface area contributed by atoms with Gasteiger partial charge in [-0.1, -0.05) is 29.0 Å². The summed E-state index contributed by atoms with van der Waals surface area (Å²) in [4.78, 5) is 41.5. The van der Waals surface area contributed by atoms with Gasteiger partial charge in [0, 0.05) is 24.9 Å². The molecule has 8 nitrogen and oxygen atoms in total. The summed E-state index contributed by atoms with van der Waals surface area (Å²) >= 11 is 1.34. The Morgan fingerprint density at radius 1 is 1.20 bits per heavy atom. The number of hydrogen-bond acceptors (Lipinski definition) is 6. The highest BCUT2D eigenvalue weighted by Gasteiger charge is 2.14. The fraction of sp³-hybridized carbons (Fsp3) is 0.238. The van der Waals surface area contributed by atoms with E-state index >= 15 is 0 Å². The van der Waals surface area contributed by atoms with Crippen LogP contribution in [0, 0.1) is 6.92 Å². The van der Waals surface area contributed by atoms with E-state index in [4.69, 9.17) is 4.42 Å². The largest absolute Gasteiger partial charge is 0.460 e. The molecule has 1 aromatic carbocycles. The molecule has 2 N–H and O–H groups in total. The van der Waals surface area contributed by atoms with Crippen LogP contribution in [-0.2, 0) is 22.7 Å². The molecule has 1 aliphatic heterocycles. The molecule has 0 saturated carbocycles. The molecule has 0 spiro atoms. The van der Waals surface area contributed by atoms with E-state index in [2.05, 4.69) is 15.6 Å². The minimum atomic E-state index is -0.761. The van der Waals surface area contributed by atoms with E-state index < -0.39 is 11.8 Å². The first-order valence-corrected chi connectivity index (χ1v) is 10.3. The van der Waals surface area contributed by atoms with Crippen molar-refractivity contribution in [2.45, 2.75) is 26.4 Å². The van der Waals surface area contributed by atoms with E-state index in [9.17, 15) is 14.4 Å². The zero-order valence-corrected chi connectivity index (χ0v) is 17.1. The van der Waals surface area contributed by atoms with Crippen molar-refractivity contribution in [3.05, 3.63) is 73.2 Å². The Labute approximate surface area is 175 Å². The van der Waals surface area contributed by atoms with Gasteiger partial charge in [0.05, 0.1) is 11.1 Å². The summed E-state index contributed by atoms with van der Waals surface area (Å²) in [6, 6.07) is 10.6. The molecule has 4 rings (SSSR count). The summed E-state index contributed by atoms with van der Waals surface area (Å²) in [6.45, 7) is 3.42. The number of benzene rings is 1. The van der Waals surface area contributed by atoms with Gasteiger partial charge in [0.2, 0.25) is 0 Å². The van der Waals surface area contributed by atoms with Crippen LogP contribution in [0.3, 0.4) is 0 Å². The van der Waals surface area contributed by atoms with E-state index in [1.54, 1.807) is 34.9 Å². The molecule has 30 heavy (non-hydrogen) atoms. The molecule has 3 heterocycles. The lowest BCUT2D eigenvalue weighted by molar-refractivity contribution is -0.136. The maximum atomic E-state index is 12.4. The third-order valence-electron chi connectivity index (χ3n) is 4.57. The molecule has 9 heteroatoms. The van der Waals surface area contributed by atoms with Crippen LogP contribution in [0.2, 0.25) is 0 Å². The highest BCUT2D eigenvalue weighted by atomic mass is 32.1. The number of aromatic nitrogens is 1. The van der Waals surface area contributed by atoms with E-state index in [1.807, 2.05) is 19.1 Å². The van der Waals surface area contributed by atoms with Crippen molar-refractivity contribution >= 4 is 34.9 Å². The van der Waals surface area contributed by atoms with E-state index in [-0.39, 0.29) is 12.1 Å². The van der Waals surface area contributed by atoms with Crippen LogP contribution in [0.5, 0.6) is 0 Å². The summed E-state index contributed by atoms with van der Waals surface area (Å²) in [5.41, 5.74) is 1.53. The van der Waals surface area contributed by atoms with Gasteiger partial charge >= 0.3 is 11.8 Å². The fourth-order valence-electron chi connectivity index (χ4n) is 3.00. The van der Waals surface area contributed by atoms with Crippen molar-refractivity contribution in [2.75, 3.05) is 11.9 Å². The Bertz CT molecular complexity index is 1270. The van der Waals surface area contributed by atoms with Crippen LogP contribution < -0.4 is 25.5 Å². The van der Waals surface area contributed by atoms with Crippen molar-refractivity contribution < 1.29 is 14.0 Å². The third kappa shape index (κ3) is 4.41. The van der Waals surface area contributed by atoms with Gasteiger partial charge in [-0.05, 0) is 37.6 Å².